The Bertz CT molecular complexity index is 1470. The van der Waals surface area contributed by atoms with Gasteiger partial charge in [-0.3, -0.25) is 9.59 Å². The summed E-state index contributed by atoms with van der Waals surface area (Å²) in [4.78, 5) is 40.2. The second kappa shape index (κ2) is 9.99. The summed E-state index contributed by atoms with van der Waals surface area (Å²) >= 11 is 0. The zero-order chi connectivity index (χ0) is 26.0. The smallest absolute Gasteiger partial charge is 0.341 e. The van der Waals surface area contributed by atoms with Crippen LogP contribution in [-0.2, 0) is 22.4 Å². The van der Waals surface area contributed by atoms with Gasteiger partial charge in [-0.2, -0.15) is 0 Å². The zero-order valence-electron chi connectivity index (χ0n) is 19.7. The number of fused-ring (bicyclic) bond motifs is 1. The molecule has 0 spiro atoms. The minimum atomic E-state index is -1.21. The van der Waals surface area contributed by atoms with Gasteiger partial charge in [0, 0.05) is 18.3 Å². The lowest BCUT2D eigenvalue weighted by Gasteiger charge is -2.10. The van der Waals surface area contributed by atoms with Crippen molar-refractivity contribution in [1.29, 1.82) is 0 Å². The molecule has 184 valence electrons. The zero-order valence-corrected chi connectivity index (χ0v) is 19.7. The van der Waals surface area contributed by atoms with Crippen molar-refractivity contribution in [3.8, 4) is 17.0 Å². The Kier molecular flexibility index (Phi) is 6.82. The van der Waals surface area contributed by atoms with E-state index in [0.717, 1.165) is 22.4 Å². The molecule has 0 fully saturated rings. The van der Waals surface area contributed by atoms with Crippen molar-refractivity contribution in [2.24, 2.45) is 5.73 Å². The highest BCUT2D eigenvalue weighted by molar-refractivity contribution is 6.44. The number of ketones is 1. The number of ether oxygens (including phenoxy) is 1. The number of aromatic nitrogens is 2. The van der Waals surface area contributed by atoms with E-state index in [1.54, 1.807) is 29.7 Å². The Hall–Kier alpha value is -4.53. The number of hydrogen-bond donors (Lipinski definition) is 2. The number of carboxylic acid groups (broad SMARTS) is 1. The van der Waals surface area contributed by atoms with Crippen LogP contribution in [0.25, 0.3) is 16.6 Å². The number of Topliss-reactive ketones (excluding diaryl/α,β-unsaturated/α-hetero) is 1. The van der Waals surface area contributed by atoms with Crippen LogP contribution in [0.5, 0.6) is 5.88 Å². The van der Waals surface area contributed by atoms with E-state index in [1.807, 2.05) is 31.2 Å². The predicted octanol–water partition coefficient (Wildman–Crippen LogP) is 3.73. The molecule has 0 radical (unpaired) electrons. The Morgan fingerprint density at radius 2 is 1.67 bits per heavy atom. The monoisotopic (exact) mass is 489 g/mol. The Balaban J connectivity index is 1.84. The number of halogens is 1. The molecule has 4 aromatic rings. The van der Waals surface area contributed by atoms with Gasteiger partial charge in [-0.1, -0.05) is 43.3 Å². The number of nitrogens with zero attached hydrogens (tertiary/aromatic N) is 2. The van der Waals surface area contributed by atoms with E-state index in [2.05, 4.69) is 4.98 Å². The molecule has 8 nitrogen and oxygen atoms in total. The molecule has 0 aliphatic heterocycles. The van der Waals surface area contributed by atoms with Gasteiger partial charge in [0.15, 0.2) is 6.61 Å². The molecule has 1 amide bonds. The Labute approximate surface area is 206 Å². The second-order valence-corrected chi connectivity index (χ2v) is 8.32. The summed E-state index contributed by atoms with van der Waals surface area (Å²) in [6.07, 6.45) is 2.53. The number of benzene rings is 2. The van der Waals surface area contributed by atoms with E-state index in [-0.39, 0.29) is 22.8 Å². The maximum atomic E-state index is 13.3. The molecule has 0 aliphatic carbocycles. The molecule has 4 rings (SSSR count). The molecule has 0 atom stereocenters. The number of aliphatic carboxylic acids is 1. The highest BCUT2D eigenvalue weighted by Crippen LogP contribution is 2.33. The normalized spacial score (nSPS) is 11.0. The molecule has 36 heavy (non-hydrogen) atoms. The molecule has 2 aromatic carbocycles. The minimum Gasteiger partial charge on any atom is -0.479 e. The first-order valence-electron chi connectivity index (χ1n) is 11.3. The molecule has 0 aliphatic rings. The largest absolute Gasteiger partial charge is 0.479 e. The van der Waals surface area contributed by atoms with Gasteiger partial charge in [0.1, 0.15) is 11.3 Å². The second-order valence-electron chi connectivity index (χ2n) is 8.32. The molecule has 0 bridgehead atoms. The van der Waals surface area contributed by atoms with Crippen molar-refractivity contribution in [2.75, 3.05) is 6.61 Å². The maximum absolute atomic E-state index is 13.3. The fourth-order valence-electron chi connectivity index (χ4n) is 4.29. The van der Waals surface area contributed by atoms with Crippen LogP contribution < -0.4 is 10.5 Å². The van der Waals surface area contributed by atoms with Crippen LogP contribution in [0.1, 0.15) is 39.8 Å². The first kappa shape index (κ1) is 24.6. The summed E-state index contributed by atoms with van der Waals surface area (Å²) in [6, 6.07) is 13.9. The van der Waals surface area contributed by atoms with Crippen molar-refractivity contribution in [1.82, 2.24) is 9.38 Å². The van der Waals surface area contributed by atoms with Crippen LogP contribution in [0.4, 0.5) is 4.39 Å². The quantitative estimate of drug-likeness (QED) is 0.273. The van der Waals surface area contributed by atoms with Gasteiger partial charge < -0.3 is 20.0 Å². The van der Waals surface area contributed by atoms with Gasteiger partial charge in [-0.25, -0.2) is 14.2 Å². The highest BCUT2D eigenvalue weighted by atomic mass is 19.1. The lowest BCUT2D eigenvalue weighted by Crippen LogP contribution is -2.24. The Morgan fingerprint density at radius 1 is 1.06 bits per heavy atom. The topological polar surface area (TPSA) is 124 Å². The van der Waals surface area contributed by atoms with E-state index in [1.165, 1.54) is 12.1 Å². The van der Waals surface area contributed by atoms with Crippen LogP contribution >= 0.6 is 0 Å². The third-order valence-electron chi connectivity index (χ3n) is 5.85. The van der Waals surface area contributed by atoms with Crippen LogP contribution in [0.15, 0.2) is 54.7 Å². The third-order valence-corrected chi connectivity index (χ3v) is 5.85. The average Bonchev–Trinajstić information content (AvgIpc) is 3.15. The summed E-state index contributed by atoms with van der Waals surface area (Å²) in [5, 5.41) is 9.08. The van der Waals surface area contributed by atoms with Gasteiger partial charge in [-0.15, -0.1) is 0 Å². The van der Waals surface area contributed by atoms with Gasteiger partial charge in [0.05, 0.1) is 11.3 Å². The van der Waals surface area contributed by atoms with Crippen LogP contribution in [0.2, 0.25) is 0 Å². The number of carbonyl (C=O) groups excluding carboxylic acids is 2. The number of carbonyl (C=O) groups is 3. The molecule has 2 heterocycles. The molecule has 0 saturated heterocycles. The predicted molar refractivity (Wildman–Crippen MR) is 131 cm³/mol. The summed E-state index contributed by atoms with van der Waals surface area (Å²) in [5.41, 5.74) is 10.2. The van der Waals surface area contributed by atoms with E-state index in [4.69, 9.17) is 15.6 Å². The average molecular weight is 490 g/mol. The number of rotatable bonds is 9. The summed E-state index contributed by atoms with van der Waals surface area (Å²) in [5.74, 6) is -3.59. The first-order valence-corrected chi connectivity index (χ1v) is 11.3. The molecule has 3 N–H and O–H groups in total. The van der Waals surface area contributed by atoms with E-state index in [9.17, 15) is 18.8 Å². The fraction of sp³-hybridized carbons (Fsp3) is 0.185. The number of carboxylic acids is 1. The van der Waals surface area contributed by atoms with Gasteiger partial charge in [0.25, 0.3) is 11.7 Å². The van der Waals surface area contributed by atoms with Gasteiger partial charge in [-0.05, 0) is 47.7 Å². The van der Waals surface area contributed by atoms with Crippen LogP contribution in [0.3, 0.4) is 0 Å². The van der Waals surface area contributed by atoms with E-state index < -0.39 is 24.3 Å². The molecular weight excluding hydrogens is 465 g/mol. The molecule has 0 saturated carbocycles. The summed E-state index contributed by atoms with van der Waals surface area (Å²) < 4.78 is 20.4. The van der Waals surface area contributed by atoms with Gasteiger partial charge in [0.2, 0.25) is 5.88 Å². The fourth-order valence-corrected chi connectivity index (χ4v) is 4.29. The molecule has 9 heteroatoms. The first-order chi connectivity index (χ1) is 17.2. The highest BCUT2D eigenvalue weighted by Gasteiger charge is 2.29. The summed E-state index contributed by atoms with van der Waals surface area (Å²) in [7, 11) is 0. The van der Waals surface area contributed by atoms with Crippen molar-refractivity contribution < 1.29 is 28.6 Å². The SMILES string of the molecule is CCc1c(C(=O)C(N)=O)c2c(OCC(=O)O)nc(C)cn2c1Cc1ccc(-c2ccc(F)cc2)cc1. The van der Waals surface area contributed by atoms with Crippen molar-refractivity contribution in [2.45, 2.75) is 26.7 Å². The lowest BCUT2D eigenvalue weighted by molar-refractivity contribution is -0.139. The number of aryl methyl sites for hydroxylation is 1. The molecule has 0 unspecified atom stereocenters. The van der Waals surface area contributed by atoms with Gasteiger partial charge >= 0.3 is 5.97 Å². The van der Waals surface area contributed by atoms with Crippen LogP contribution in [0, 0.1) is 12.7 Å². The maximum Gasteiger partial charge on any atom is 0.341 e. The van der Waals surface area contributed by atoms with E-state index in [0.29, 0.717) is 24.1 Å². The van der Waals surface area contributed by atoms with Crippen LogP contribution in [-0.4, -0.2) is 38.8 Å². The van der Waals surface area contributed by atoms with Crippen molar-refractivity contribution >= 4 is 23.2 Å². The standard InChI is InChI=1S/C27H24FN3O5/c1-3-20-21(12-16-4-6-17(7-5-16)18-8-10-19(28)11-9-18)31-13-15(2)30-27(36-14-22(32)33)24(31)23(20)25(34)26(29)35/h4-11,13H,3,12,14H2,1-2H3,(H2,29,35)(H,32,33). The number of nitrogens with two attached hydrogens (primary N) is 1. The lowest BCUT2D eigenvalue weighted by atomic mass is 9.98. The molecular formula is C27H24FN3O5. The van der Waals surface area contributed by atoms with Crippen molar-refractivity contribution in [3.05, 3.63) is 88.6 Å². The number of hydrogen-bond acceptors (Lipinski definition) is 5. The Morgan fingerprint density at radius 3 is 2.22 bits per heavy atom. The number of amides is 1. The molecule has 2 aromatic heterocycles. The van der Waals surface area contributed by atoms with E-state index >= 15 is 0 Å². The minimum absolute atomic E-state index is 0.0605. The summed E-state index contributed by atoms with van der Waals surface area (Å²) in [6.45, 7) is 2.91. The number of primary amides is 1. The third kappa shape index (κ3) is 4.81. The van der Waals surface area contributed by atoms with Crippen molar-refractivity contribution in [3.63, 3.8) is 0 Å².